The van der Waals surface area contributed by atoms with Gasteiger partial charge in [0, 0.05) is 5.02 Å². The van der Waals surface area contributed by atoms with Gasteiger partial charge in [0.2, 0.25) is 0 Å². The fourth-order valence-corrected chi connectivity index (χ4v) is 1.69. The lowest BCUT2D eigenvalue weighted by molar-refractivity contribution is 0.279. The zero-order chi connectivity index (χ0) is 10.9. The quantitative estimate of drug-likeness (QED) is 0.904. The predicted molar refractivity (Wildman–Crippen MR) is 69.7 cm³/mol. The fraction of sp³-hybridized carbons (Fsp3) is 0.500. The lowest BCUT2D eigenvalue weighted by Crippen LogP contribution is -2.29. The third kappa shape index (κ3) is 3.27. The summed E-state index contributed by atoms with van der Waals surface area (Å²) in [5, 5.41) is 0.804. The van der Waals surface area contributed by atoms with Crippen molar-refractivity contribution in [2.24, 2.45) is 5.73 Å². The molecule has 2 nitrogen and oxygen atoms in total. The van der Waals surface area contributed by atoms with E-state index in [-0.39, 0.29) is 17.9 Å². The molecule has 90 valence electrons. The van der Waals surface area contributed by atoms with E-state index in [4.69, 9.17) is 22.1 Å². The summed E-state index contributed by atoms with van der Waals surface area (Å²) in [4.78, 5) is 0. The van der Waals surface area contributed by atoms with Crippen LogP contribution in [-0.2, 0) is 6.42 Å². The number of aryl methyl sites for hydroxylation is 1. The molecular weight excluding hydrogens is 245 g/mol. The molecule has 2 rings (SSSR count). The summed E-state index contributed by atoms with van der Waals surface area (Å²) in [5.41, 5.74) is 7.00. The van der Waals surface area contributed by atoms with Crippen LogP contribution >= 0.6 is 24.0 Å². The zero-order valence-corrected chi connectivity index (χ0v) is 10.9. The number of nitrogens with two attached hydrogens (primary N) is 1. The van der Waals surface area contributed by atoms with Crippen LogP contribution in [0.4, 0.5) is 0 Å². The molecule has 1 aromatic carbocycles. The third-order valence-corrected chi connectivity index (χ3v) is 3.19. The Morgan fingerprint density at radius 2 is 2.12 bits per heavy atom. The average molecular weight is 262 g/mol. The minimum atomic E-state index is -0.0635. The van der Waals surface area contributed by atoms with Gasteiger partial charge >= 0.3 is 0 Å². The second kappa shape index (κ2) is 5.26. The highest BCUT2D eigenvalue weighted by atomic mass is 35.5. The summed E-state index contributed by atoms with van der Waals surface area (Å²) in [6.07, 6.45) is 3.06. The van der Waals surface area contributed by atoms with Crippen LogP contribution in [0.15, 0.2) is 18.2 Å². The first-order valence-electron chi connectivity index (χ1n) is 5.33. The first-order valence-corrected chi connectivity index (χ1v) is 5.71. The first kappa shape index (κ1) is 13.6. The number of rotatable bonds is 4. The molecule has 0 radical (unpaired) electrons. The van der Waals surface area contributed by atoms with E-state index in [1.165, 1.54) is 0 Å². The normalized spacial score (nSPS) is 16.4. The number of halogens is 2. The lowest BCUT2D eigenvalue weighted by atomic mass is 10.1. The molecule has 0 spiro atoms. The zero-order valence-electron chi connectivity index (χ0n) is 9.33. The first-order chi connectivity index (χ1) is 7.13. The highest BCUT2D eigenvalue weighted by Gasteiger charge is 2.39. The second-order valence-corrected chi connectivity index (χ2v) is 4.67. The van der Waals surface area contributed by atoms with Crippen LogP contribution in [0.5, 0.6) is 5.75 Å². The lowest BCUT2D eigenvalue weighted by Gasteiger charge is -2.12. The molecule has 1 aliphatic carbocycles. The molecule has 0 amide bonds. The van der Waals surface area contributed by atoms with Gasteiger partial charge in [-0.25, -0.2) is 0 Å². The molecule has 1 aromatic rings. The van der Waals surface area contributed by atoms with Crippen molar-refractivity contribution in [2.75, 3.05) is 6.61 Å². The molecular formula is C12H17Cl2NO. The summed E-state index contributed by atoms with van der Waals surface area (Å²) in [6, 6.07) is 5.77. The van der Waals surface area contributed by atoms with Crippen molar-refractivity contribution >= 4 is 24.0 Å². The van der Waals surface area contributed by atoms with Crippen molar-refractivity contribution in [2.45, 2.75) is 31.7 Å². The van der Waals surface area contributed by atoms with Crippen molar-refractivity contribution in [3.05, 3.63) is 28.8 Å². The van der Waals surface area contributed by atoms with Crippen LogP contribution < -0.4 is 10.5 Å². The maximum absolute atomic E-state index is 6.02. The van der Waals surface area contributed by atoms with Gasteiger partial charge in [0.15, 0.2) is 0 Å². The van der Waals surface area contributed by atoms with Gasteiger partial charge in [-0.2, -0.15) is 0 Å². The molecule has 0 unspecified atom stereocenters. The average Bonchev–Trinajstić information content (AvgIpc) is 2.96. The van der Waals surface area contributed by atoms with E-state index in [1.54, 1.807) is 0 Å². The summed E-state index contributed by atoms with van der Waals surface area (Å²) >= 11 is 6.02. The molecule has 1 aliphatic rings. The Hall–Kier alpha value is -0.440. The molecule has 2 N–H and O–H groups in total. The van der Waals surface area contributed by atoms with Gasteiger partial charge in [-0.15, -0.1) is 12.4 Å². The van der Waals surface area contributed by atoms with Gasteiger partial charge in [-0.1, -0.05) is 18.5 Å². The predicted octanol–water partition coefficient (Wildman–Crippen LogP) is 3.19. The van der Waals surface area contributed by atoms with Crippen LogP contribution in [0.25, 0.3) is 0 Å². The van der Waals surface area contributed by atoms with Crippen LogP contribution in [0.3, 0.4) is 0 Å². The maximum atomic E-state index is 6.02. The van der Waals surface area contributed by atoms with E-state index in [1.807, 2.05) is 18.2 Å². The van der Waals surface area contributed by atoms with Crippen LogP contribution in [-0.4, -0.2) is 12.1 Å². The van der Waals surface area contributed by atoms with E-state index in [0.717, 1.165) is 35.6 Å². The number of ether oxygens (including phenoxy) is 1. The third-order valence-electron chi connectivity index (χ3n) is 2.82. The highest BCUT2D eigenvalue weighted by molar-refractivity contribution is 6.31. The van der Waals surface area contributed by atoms with E-state index in [9.17, 15) is 0 Å². The molecule has 0 atom stereocenters. The molecule has 0 bridgehead atoms. The number of hydrogen-bond donors (Lipinski definition) is 1. The molecule has 1 saturated carbocycles. The van der Waals surface area contributed by atoms with E-state index >= 15 is 0 Å². The standard InChI is InChI=1S/C12H16ClNO.ClH/c1-2-9-7-10(3-4-11(9)13)15-8-12(14)5-6-12;/h3-4,7H,2,5-6,8,14H2,1H3;1H. The Labute approximate surface area is 108 Å². The van der Waals surface area contributed by atoms with E-state index < -0.39 is 0 Å². The molecule has 0 aromatic heterocycles. The highest BCUT2D eigenvalue weighted by Crippen LogP contribution is 2.33. The second-order valence-electron chi connectivity index (χ2n) is 4.26. The minimum Gasteiger partial charge on any atom is -0.492 e. The maximum Gasteiger partial charge on any atom is 0.119 e. The molecule has 4 heteroatoms. The van der Waals surface area contributed by atoms with Gasteiger partial charge < -0.3 is 10.5 Å². The van der Waals surface area contributed by atoms with Crippen molar-refractivity contribution in [1.82, 2.24) is 0 Å². The van der Waals surface area contributed by atoms with Gasteiger partial charge in [0.05, 0.1) is 5.54 Å². The molecule has 0 heterocycles. The largest absolute Gasteiger partial charge is 0.492 e. The van der Waals surface area contributed by atoms with Crippen molar-refractivity contribution in [1.29, 1.82) is 0 Å². The van der Waals surface area contributed by atoms with Crippen LogP contribution in [0, 0.1) is 0 Å². The summed E-state index contributed by atoms with van der Waals surface area (Å²) in [6.45, 7) is 2.69. The summed E-state index contributed by atoms with van der Waals surface area (Å²) < 4.78 is 5.65. The Morgan fingerprint density at radius 3 is 2.69 bits per heavy atom. The Balaban J connectivity index is 0.00000128. The van der Waals surface area contributed by atoms with Crippen LogP contribution in [0.1, 0.15) is 25.3 Å². The number of hydrogen-bond acceptors (Lipinski definition) is 2. The Morgan fingerprint density at radius 1 is 1.44 bits per heavy atom. The molecule has 0 saturated heterocycles. The minimum absolute atomic E-state index is 0. The van der Waals surface area contributed by atoms with Gasteiger partial charge in [0.1, 0.15) is 12.4 Å². The van der Waals surface area contributed by atoms with Crippen molar-refractivity contribution < 1.29 is 4.74 Å². The molecule has 1 fully saturated rings. The van der Waals surface area contributed by atoms with E-state index in [2.05, 4.69) is 6.92 Å². The SMILES string of the molecule is CCc1cc(OCC2(N)CC2)ccc1Cl.Cl. The molecule has 16 heavy (non-hydrogen) atoms. The monoisotopic (exact) mass is 261 g/mol. The van der Waals surface area contributed by atoms with Crippen molar-refractivity contribution in [3.8, 4) is 5.75 Å². The van der Waals surface area contributed by atoms with E-state index in [0.29, 0.717) is 6.61 Å². The Bertz CT molecular complexity index is 364. The van der Waals surface area contributed by atoms with Crippen molar-refractivity contribution in [3.63, 3.8) is 0 Å². The van der Waals surface area contributed by atoms with Gasteiger partial charge in [-0.3, -0.25) is 0 Å². The van der Waals surface area contributed by atoms with Gasteiger partial charge in [0.25, 0.3) is 0 Å². The smallest absolute Gasteiger partial charge is 0.119 e. The fourth-order valence-electron chi connectivity index (χ4n) is 1.44. The topological polar surface area (TPSA) is 35.2 Å². The Kier molecular flexibility index (Phi) is 4.48. The summed E-state index contributed by atoms with van der Waals surface area (Å²) in [5.74, 6) is 0.868. The van der Waals surface area contributed by atoms with Crippen LogP contribution in [0.2, 0.25) is 5.02 Å². The summed E-state index contributed by atoms with van der Waals surface area (Å²) in [7, 11) is 0. The van der Waals surface area contributed by atoms with Gasteiger partial charge in [-0.05, 0) is 43.0 Å². The number of benzene rings is 1. The molecule has 0 aliphatic heterocycles.